The van der Waals surface area contributed by atoms with Crippen molar-refractivity contribution in [3.8, 4) is 11.4 Å². The van der Waals surface area contributed by atoms with Crippen LogP contribution in [0.2, 0.25) is 5.02 Å². The van der Waals surface area contributed by atoms with Gasteiger partial charge in [0.25, 0.3) is 5.69 Å². The SMILES string of the molecule is CNc1nc(Nc2cc(Cl)ccc2[N+](=O)[O-])cc(-c2ccccn2)n1. The van der Waals surface area contributed by atoms with Crippen LogP contribution in [-0.4, -0.2) is 26.9 Å². The van der Waals surface area contributed by atoms with E-state index in [1.54, 1.807) is 25.4 Å². The highest BCUT2D eigenvalue weighted by molar-refractivity contribution is 6.31. The Morgan fingerprint density at radius 1 is 1.12 bits per heavy atom. The lowest BCUT2D eigenvalue weighted by Gasteiger charge is -2.10. The molecule has 3 aromatic rings. The molecule has 2 N–H and O–H groups in total. The largest absolute Gasteiger partial charge is 0.357 e. The molecule has 0 unspecified atom stereocenters. The standard InChI is InChI=1S/C16H13ClN6O2/c1-18-16-21-12(11-4-2-3-7-19-11)9-15(22-16)20-13-8-10(17)5-6-14(13)23(24)25/h2-9H,1H3,(H2,18,20,21,22). The predicted octanol–water partition coefficient (Wildman–Crippen LogP) is 3.89. The number of rotatable bonds is 5. The number of nitrogens with one attached hydrogen (secondary N) is 2. The van der Waals surface area contributed by atoms with Crippen molar-refractivity contribution in [3.63, 3.8) is 0 Å². The van der Waals surface area contributed by atoms with Gasteiger partial charge in [-0.1, -0.05) is 17.7 Å². The molecule has 0 saturated carbocycles. The second kappa shape index (κ2) is 7.10. The number of pyridine rings is 1. The highest BCUT2D eigenvalue weighted by Gasteiger charge is 2.16. The molecule has 25 heavy (non-hydrogen) atoms. The lowest BCUT2D eigenvalue weighted by atomic mass is 10.2. The number of halogens is 1. The molecule has 126 valence electrons. The van der Waals surface area contributed by atoms with E-state index in [0.29, 0.717) is 28.2 Å². The summed E-state index contributed by atoms with van der Waals surface area (Å²) in [6.07, 6.45) is 1.66. The number of benzene rings is 1. The van der Waals surface area contributed by atoms with Crippen LogP contribution in [0.4, 0.5) is 23.1 Å². The molecule has 1 aromatic carbocycles. The van der Waals surface area contributed by atoms with Crippen LogP contribution in [0.3, 0.4) is 0 Å². The summed E-state index contributed by atoms with van der Waals surface area (Å²) in [5, 5.41) is 17.4. The maximum atomic E-state index is 11.2. The van der Waals surface area contributed by atoms with Gasteiger partial charge in [0.15, 0.2) is 0 Å². The summed E-state index contributed by atoms with van der Waals surface area (Å²) in [5.41, 5.74) is 1.37. The third-order valence-electron chi connectivity index (χ3n) is 3.30. The van der Waals surface area contributed by atoms with E-state index in [0.717, 1.165) is 0 Å². The van der Waals surface area contributed by atoms with Gasteiger partial charge in [-0.3, -0.25) is 15.1 Å². The second-order valence-corrected chi connectivity index (χ2v) is 5.41. The molecule has 0 radical (unpaired) electrons. The fourth-order valence-corrected chi connectivity index (χ4v) is 2.35. The summed E-state index contributed by atoms with van der Waals surface area (Å²) < 4.78 is 0. The molecule has 0 aliphatic carbocycles. The summed E-state index contributed by atoms with van der Waals surface area (Å²) in [7, 11) is 1.68. The Morgan fingerprint density at radius 3 is 2.64 bits per heavy atom. The van der Waals surface area contributed by atoms with Gasteiger partial charge in [-0.25, -0.2) is 4.98 Å². The van der Waals surface area contributed by atoms with Crippen molar-refractivity contribution in [2.75, 3.05) is 17.7 Å². The molecule has 0 aliphatic heterocycles. The van der Waals surface area contributed by atoms with E-state index in [4.69, 9.17) is 11.6 Å². The van der Waals surface area contributed by atoms with Gasteiger partial charge in [0.05, 0.1) is 16.3 Å². The van der Waals surface area contributed by atoms with Crippen molar-refractivity contribution in [2.45, 2.75) is 0 Å². The minimum atomic E-state index is -0.488. The van der Waals surface area contributed by atoms with Crippen molar-refractivity contribution in [1.29, 1.82) is 0 Å². The number of hydrogen-bond donors (Lipinski definition) is 2. The number of hydrogen-bond acceptors (Lipinski definition) is 7. The van der Waals surface area contributed by atoms with Gasteiger partial charge >= 0.3 is 0 Å². The second-order valence-electron chi connectivity index (χ2n) is 4.97. The Balaban J connectivity index is 2.04. The molecule has 0 aliphatic rings. The summed E-state index contributed by atoms with van der Waals surface area (Å²) in [6, 6.07) is 11.4. The average molecular weight is 357 g/mol. The van der Waals surface area contributed by atoms with E-state index in [1.807, 2.05) is 12.1 Å². The van der Waals surface area contributed by atoms with Crippen LogP contribution in [0.15, 0.2) is 48.7 Å². The molecule has 0 amide bonds. The monoisotopic (exact) mass is 356 g/mol. The number of nitro groups is 1. The van der Waals surface area contributed by atoms with Gasteiger partial charge < -0.3 is 10.6 Å². The van der Waals surface area contributed by atoms with Gasteiger partial charge in [0.1, 0.15) is 11.5 Å². The lowest BCUT2D eigenvalue weighted by Crippen LogP contribution is -2.04. The summed E-state index contributed by atoms with van der Waals surface area (Å²) in [4.78, 5) is 23.6. The van der Waals surface area contributed by atoms with Gasteiger partial charge in [-0.05, 0) is 24.3 Å². The van der Waals surface area contributed by atoms with E-state index in [-0.39, 0.29) is 11.4 Å². The first kappa shape index (κ1) is 16.6. The number of anilines is 3. The van der Waals surface area contributed by atoms with Crippen LogP contribution in [0.1, 0.15) is 0 Å². The van der Waals surface area contributed by atoms with Crippen LogP contribution in [0.25, 0.3) is 11.4 Å². The van der Waals surface area contributed by atoms with Crippen molar-refractivity contribution >= 4 is 34.7 Å². The van der Waals surface area contributed by atoms with E-state index in [9.17, 15) is 10.1 Å². The molecule has 0 spiro atoms. The van der Waals surface area contributed by atoms with Crippen LogP contribution in [0, 0.1) is 10.1 Å². The molecule has 0 saturated heterocycles. The molecule has 2 aromatic heterocycles. The molecule has 0 atom stereocenters. The predicted molar refractivity (Wildman–Crippen MR) is 96.2 cm³/mol. The van der Waals surface area contributed by atoms with Gasteiger partial charge in [0.2, 0.25) is 5.95 Å². The summed E-state index contributed by atoms with van der Waals surface area (Å²) >= 11 is 5.96. The molecular formula is C16H13ClN6O2. The zero-order chi connectivity index (χ0) is 17.8. The van der Waals surface area contributed by atoms with Crippen molar-refractivity contribution in [2.24, 2.45) is 0 Å². The quantitative estimate of drug-likeness (QED) is 0.527. The molecule has 8 nitrogen and oxygen atoms in total. The normalized spacial score (nSPS) is 10.3. The highest BCUT2D eigenvalue weighted by Crippen LogP contribution is 2.31. The number of nitro benzene ring substituents is 1. The van der Waals surface area contributed by atoms with Crippen LogP contribution < -0.4 is 10.6 Å². The Labute approximate surface area is 148 Å². The minimum absolute atomic E-state index is 0.103. The topological polar surface area (TPSA) is 106 Å². The Kier molecular flexibility index (Phi) is 4.71. The van der Waals surface area contributed by atoms with Crippen molar-refractivity contribution in [3.05, 3.63) is 63.8 Å². The molecule has 9 heteroatoms. The first-order chi connectivity index (χ1) is 12.1. The highest BCUT2D eigenvalue weighted by atomic mass is 35.5. The van der Waals surface area contributed by atoms with Crippen molar-refractivity contribution < 1.29 is 4.92 Å². The van der Waals surface area contributed by atoms with Crippen LogP contribution in [0.5, 0.6) is 0 Å². The molecule has 0 fully saturated rings. The summed E-state index contributed by atoms with van der Waals surface area (Å²) in [5.74, 6) is 0.737. The molecular weight excluding hydrogens is 344 g/mol. The van der Waals surface area contributed by atoms with Gasteiger partial charge in [-0.2, -0.15) is 4.98 Å². The maximum absolute atomic E-state index is 11.2. The first-order valence-electron chi connectivity index (χ1n) is 7.26. The van der Waals surface area contributed by atoms with E-state index >= 15 is 0 Å². The zero-order valence-corrected chi connectivity index (χ0v) is 13.9. The maximum Gasteiger partial charge on any atom is 0.292 e. The fourth-order valence-electron chi connectivity index (χ4n) is 2.17. The van der Waals surface area contributed by atoms with E-state index in [1.165, 1.54) is 18.2 Å². The molecule has 2 heterocycles. The number of aromatic nitrogens is 3. The summed E-state index contributed by atoms with van der Waals surface area (Å²) in [6.45, 7) is 0. The third kappa shape index (κ3) is 3.81. The first-order valence-corrected chi connectivity index (χ1v) is 7.64. The lowest BCUT2D eigenvalue weighted by molar-refractivity contribution is -0.383. The van der Waals surface area contributed by atoms with Crippen LogP contribution >= 0.6 is 11.6 Å². The van der Waals surface area contributed by atoms with Crippen molar-refractivity contribution in [1.82, 2.24) is 15.0 Å². The minimum Gasteiger partial charge on any atom is -0.357 e. The van der Waals surface area contributed by atoms with Gasteiger partial charge in [-0.15, -0.1) is 0 Å². The molecule has 3 rings (SSSR count). The van der Waals surface area contributed by atoms with Gasteiger partial charge in [0, 0.05) is 30.4 Å². The third-order valence-corrected chi connectivity index (χ3v) is 3.53. The Morgan fingerprint density at radius 2 is 1.96 bits per heavy atom. The zero-order valence-electron chi connectivity index (χ0n) is 13.1. The molecule has 0 bridgehead atoms. The van der Waals surface area contributed by atoms with E-state index in [2.05, 4.69) is 25.6 Å². The fraction of sp³-hybridized carbons (Fsp3) is 0.0625. The number of nitrogens with zero attached hydrogens (tertiary/aromatic N) is 4. The average Bonchev–Trinajstić information content (AvgIpc) is 2.62. The van der Waals surface area contributed by atoms with Crippen LogP contribution in [-0.2, 0) is 0 Å². The Hall–Kier alpha value is -3.26. The smallest absolute Gasteiger partial charge is 0.292 e. The van der Waals surface area contributed by atoms with E-state index < -0.39 is 4.92 Å². The Bertz CT molecular complexity index is 920.